The van der Waals surface area contributed by atoms with Gasteiger partial charge in [-0.1, -0.05) is 0 Å². The molecule has 0 aliphatic carbocycles. The Labute approximate surface area is 108 Å². The van der Waals surface area contributed by atoms with Crippen LogP contribution in [0.3, 0.4) is 0 Å². The van der Waals surface area contributed by atoms with Crippen molar-refractivity contribution in [1.82, 2.24) is 5.32 Å². The van der Waals surface area contributed by atoms with Crippen molar-refractivity contribution < 1.29 is 9.53 Å². The number of amides is 1. The molecule has 18 heavy (non-hydrogen) atoms. The number of carbonyl (C=O) groups excluding carboxylic acids is 1. The molecule has 5 nitrogen and oxygen atoms in total. The maximum atomic E-state index is 11.5. The zero-order valence-electron chi connectivity index (χ0n) is 11.4. The smallest absolute Gasteiger partial charge is 0.251 e. The van der Waals surface area contributed by atoms with Gasteiger partial charge in [-0.3, -0.25) is 4.79 Å². The number of benzene rings is 1. The molecule has 1 aromatic rings. The van der Waals surface area contributed by atoms with Crippen molar-refractivity contribution >= 4 is 17.3 Å². The minimum atomic E-state index is -0.138. The molecule has 0 saturated carbocycles. The number of rotatable bonds is 5. The molecule has 0 aliphatic rings. The maximum Gasteiger partial charge on any atom is 0.251 e. The lowest BCUT2D eigenvalue weighted by molar-refractivity contribution is 0.0963. The first-order chi connectivity index (χ1) is 8.51. The van der Waals surface area contributed by atoms with Gasteiger partial charge in [-0.25, -0.2) is 0 Å². The van der Waals surface area contributed by atoms with Gasteiger partial charge in [-0.15, -0.1) is 0 Å². The Bertz CT molecular complexity index is 421. The molecule has 1 rings (SSSR count). The third-order valence-corrected chi connectivity index (χ3v) is 2.97. The number of nitrogen functional groups attached to an aromatic ring is 1. The van der Waals surface area contributed by atoms with Crippen LogP contribution in [-0.2, 0) is 4.74 Å². The summed E-state index contributed by atoms with van der Waals surface area (Å²) < 4.78 is 5.12. The van der Waals surface area contributed by atoms with Crippen LogP contribution in [0.2, 0.25) is 0 Å². The average Bonchev–Trinajstić information content (AvgIpc) is 2.37. The summed E-state index contributed by atoms with van der Waals surface area (Å²) in [5, 5.41) is 2.57. The van der Waals surface area contributed by atoms with Crippen LogP contribution in [-0.4, -0.2) is 39.8 Å². The number of hydrogen-bond donors (Lipinski definition) is 2. The molecule has 0 saturated heterocycles. The van der Waals surface area contributed by atoms with E-state index in [1.54, 1.807) is 26.3 Å². The molecule has 1 atom stereocenters. The minimum absolute atomic E-state index is 0.138. The van der Waals surface area contributed by atoms with Gasteiger partial charge >= 0.3 is 0 Å². The number of anilines is 2. The second kappa shape index (κ2) is 6.26. The van der Waals surface area contributed by atoms with Gasteiger partial charge in [-0.05, 0) is 25.1 Å². The summed E-state index contributed by atoms with van der Waals surface area (Å²) >= 11 is 0. The van der Waals surface area contributed by atoms with Crippen molar-refractivity contribution in [2.45, 2.75) is 13.0 Å². The van der Waals surface area contributed by atoms with Crippen LogP contribution in [0.4, 0.5) is 11.4 Å². The van der Waals surface area contributed by atoms with Gasteiger partial charge in [0.15, 0.2) is 0 Å². The fourth-order valence-electron chi connectivity index (χ4n) is 1.75. The second-order valence-electron chi connectivity index (χ2n) is 4.27. The zero-order valence-corrected chi connectivity index (χ0v) is 11.4. The lowest BCUT2D eigenvalue weighted by Crippen LogP contribution is -2.33. The number of methoxy groups -OCH3 is 1. The van der Waals surface area contributed by atoms with Gasteiger partial charge in [-0.2, -0.15) is 0 Å². The molecule has 100 valence electrons. The summed E-state index contributed by atoms with van der Waals surface area (Å²) in [6.07, 6.45) is 0. The molecule has 1 aromatic carbocycles. The number of carbonyl (C=O) groups is 1. The third kappa shape index (κ3) is 3.13. The van der Waals surface area contributed by atoms with Crippen LogP contribution >= 0.6 is 0 Å². The van der Waals surface area contributed by atoms with E-state index in [-0.39, 0.29) is 11.9 Å². The summed E-state index contributed by atoms with van der Waals surface area (Å²) in [6, 6.07) is 5.51. The monoisotopic (exact) mass is 251 g/mol. The molecular weight excluding hydrogens is 230 g/mol. The first-order valence-electron chi connectivity index (χ1n) is 5.84. The van der Waals surface area contributed by atoms with E-state index in [1.807, 2.05) is 18.0 Å². The summed E-state index contributed by atoms with van der Waals surface area (Å²) in [5.74, 6) is -0.138. The molecule has 0 spiro atoms. The lowest BCUT2D eigenvalue weighted by atomic mass is 10.1. The first-order valence-corrected chi connectivity index (χ1v) is 5.84. The summed E-state index contributed by atoms with van der Waals surface area (Å²) in [6.45, 7) is 2.67. The SMILES string of the molecule is CNC(=O)c1ccc(N(C)C(C)COC)c(N)c1. The van der Waals surface area contributed by atoms with Crippen LogP contribution in [0.25, 0.3) is 0 Å². The topological polar surface area (TPSA) is 67.6 Å². The Balaban J connectivity index is 2.94. The van der Waals surface area contributed by atoms with Crippen molar-refractivity contribution in [2.24, 2.45) is 0 Å². The number of ether oxygens (including phenoxy) is 1. The van der Waals surface area contributed by atoms with Gasteiger partial charge in [0.25, 0.3) is 5.91 Å². The summed E-state index contributed by atoms with van der Waals surface area (Å²) in [5.41, 5.74) is 8.03. The molecule has 1 amide bonds. The number of nitrogens with zero attached hydrogens (tertiary/aromatic N) is 1. The Morgan fingerprint density at radius 3 is 2.72 bits per heavy atom. The van der Waals surface area contributed by atoms with Crippen LogP contribution in [0.5, 0.6) is 0 Å². The van der Waals surface area contributed by atoms with E-state index in [1.165, 1.54) is 0 Å². The van der Waals surface area contributed by atoms with E-state index in [0.29, 0.717) is 17.9 Å². The standard InChI is InChI=1S/C13H21N3O2/c1-9(8-18-4)16(3)12-6-5-10(7-11(12)14)13(17)15-2/h5-7,9H,8,14H2,1-4H3,(H,15,17). The van der Waals surface area contributed by atoms with Crippen molar-refractivity contribution in [3.05, 3.63) is 23.8 Å². The van der Waals surface area contributed by atoms with Crippen molar-refractivity contribution in [3.8, 4) is 0 Å². The highest BCUT2D eigenvalue weighted by Crippen LogP contribution is 2.25. The molecule has 3 N–H and O–H groups in total. The molecule has 0 aliphatic heterocycles. The Hall–Kier alpha value is -1.75. The maximum absolute atomic E-state index is 11.5. The van der Waals surface area contributed by atoms with Crippen molar-refractivity contribution in [1.29, 1.82) is 0 Å². The van der Waals surface area contributed by atoms with Crippen LogP contribution < -0.4 is 16.0 Å². The highest BCUT2D eigenvalue weighted by atomic mass is 16.5. The molecule has 0 aromatic heterocycles. The predicted molar refractivity (Wildman–Crippen MR) is 74.0 cm³/mol. The summed E-state index contributed by atoms with van der Waals surface area (Å²) in [4.78, 5) is 13.5. The fourth-order valence-corrected chi connectivity index (χ4v) is 1.75. The molecule has 1 unspecified atom stereocenters. The van der Waals surface area contributed by atoms with Crippen LogP contribution in [0, 0.1) is 0 Å². The van der Waals surface area contributed by atoms with Crippen molar-refractivity contribution in [2.75, 3.05) is 38.4 Å². The molecule has 0 heterocycles. The highest BCUT2D eigenvalue weighted by Gasteiger charge is 2.14. The van der Waals surface area contributed by atoms with Gasteiger partial charge in [0, 0.05) is 32.8 Å². The number of hydrogen-bond acceptors (Lipinski definition) is 4. The number of nitrogens with two attached hydrogens (primary N) is 1. The predicted octanol–water partition coefficient (Wildman–Crippen LogP) is 1.10. The molecular formula is C13H21N3O2. The number of nitrogens with one attached hydrogen (secondary N) is 1. The van der Waals surface area contributed by atoms with E-state index in [2.05, 4.69) is 12.2 Å². The second-order valence-corrected chi connectivity index (χ2v) is 4.27. The van der Waals surface area contributed by atoms with E-state index < -0.39 is 0 Å². The van der Waals surface area contributed by atoms with Gasteiger partial charge in [0.2, 0.25) is 0 Å². The van der Waals surface area contributed by atoms with Gasteiger partial charge in [0.1, 0.15) is 0 Å². The van der Waals surface area contributed by atoms with E-state index >= 15 is 0 Å². The molecule has 0 fully saturated rings. The van der Waals surface area contributed by atoms with E-state index in [4.69, 9.17) is 10.5 Å². The molecule has 0 radical (unpaired) electrons. The molecule has 0 bridgehead atoms. The first kappa shape index (κ1) is 14.3. The Morgan fingerprint density at radius 1 is 1.56 bits per heavy atom. The Kier molecular flexibility index (Phi) is 4.97. The highest BCUT2D eigenvalue weighted by molar-refractivity contribution is 5.96. The van der Waals surface area contributed by atoms with Crippen LogP contribution in [0.15, 0.2) is 18.2 Å². The fraction of sp³-hybridized carbons (Fsp3) is 0.462. The third-order valence-electron chi connectivity index (χ3n) is 2.97. The van der Waals surface area contributed by atoms with Crippen LogP contribution in [0.1, 0.15) is 17.3 Å². The lowest BCUT2D eigenvalue weighted by Gasteiger charge is -2.27. The van der Waals surface area contributed by atoms with E-state index in [0.717, 1.165) is 5.69 Å². The number of likely N-dealkylation sites (N-methyl/N-ethyl adjacent to an activating group) is 1. The van der Waals surface area contributed by atoms with Crippen molar-refractivity contribution in [3.63, 3.8) is 0 Å². The minimum Gasteiger partial charge on any atom is -0.397 e. The average molecular weight is 251 g/mol. The van der Waals surface area contributed by atoms with E-state index in [9.17, 15) is 4.79 Å². The Morgan fingerprint density at radius 2 is 2.22 bits per heavy atom. The summed E-state index contributed by atoms with van der Waals surface area (Å²) in [7, 11) is 5.22. The quantitative estimate of drug-likeness (QED) is 0.769. The zero-order chi connectivity index (χ0) is 13.7. The largest absolute Gasteiger partial charge is 0.397 e. The van der Waals surface area contributed by atoms with Gasteiger partial charge in [0.05, 0.1) is 18.0 Å². The molecule has 5 heteroatoms. The normalized spacial score (nSPS) is 12.0. The van der Waals surface area contributed by atoms with Gasteiger partial charge < -0.3 is 20.7 Å².